The van der Waals surface area contributed by atoms with Gasteiger partial charge in [0.15, 0.2) is 0 Å². The molecule has 0 aliphatic carbocycles. The second kappa shape index (κ2) is 6.01. The molecule has 1 aliphatic heterocycles. The molecule has 1 N–H and O–H groups in total. The number of rotatable bonds is 4. The Kier molecular flexibility index (Phi) is 4.37. The normalized spacial score (nSPS) is 19.2. The largest absolute Gasteiger partial charge is 0.368 e. The summed E-state index contributed by atoms with van der Waals surface area (Å²) in [7, 11) is 0. The van der Waals surface area contributed by atoms with E-state index in [1.807, 2.05) is 18.2 Å². The van der Waals surface area contributed by atoms with Crippen molar-refractivity contribution in [3.63, 3.8) is 0 Å². The average Bonchev–Trinajstić information content (AvgIpc) is 2.81. The van der Waals surface area contributed by atoms with Gasteiger partial charge in [0.2, 0.25) is 0 Å². The van der Waals surface area contributed by atoms with E-state index in [2.05, 4.69) is 25.2 Å². The lowest BCUT2D eigenvalue weighted by Crippen LogP contribution is -2.26. The van der Waals surface area contributed by atoms with Gasteiger partial charge >= 0.3 is 0 Å². The van der Waals surface area contributed by atoms with Gasteiger partial charge in [0.25, 0.3) is 5.91 Å². The SMILES string of the molecule is CC(C)Cc1cccc(NC(=O)C2CCCO2)c1. The van der Waals surface area contributed by atoms with E-state index in [0.717, 1.165) is 24.9 Å². The van der Waals surface area contributed by atoms with Gasteiger partial charge in [0.05, 0.1) is 0 Å². The highest BCUT2D eigenvalue weighted by molar-refractivity contribution is 5.94. The Labute approximate surface area is 109 Å². The fourth-order valence-corrected chi connectivity index (χ4v) is 2.25. The van der Waals surface area contributed by atoms with Crippen LogP contribution in [0.25, 0.3) is 0 Å². The summed E-state index contributed by atoms with van der Waals surface area (Å²) in [4.78, 5) is 11.9. The number of carbonyl (C=O) groups is 1. The monoisotopic (exact) mass is 247 g/mol. The molecule has 1 aromatic carbocycles. The molecule has 0 aromatic heterocycles. The Hall–Kier alpha value is -1.35. The number of anilines is 1. The summed E-state index contributed by atoms with van der Waals surface area (Å²) in [5, 5.41) is 2.93. The molecule has 1 unspecified atom stereocenters. The van der Waals surface area contributed by atoms with Crippen LogP contribution in [0.3, 0.4) is 0 Å². The molecular formula is C15H21NO2. The molecule has 3 heteroatoms. The Balaban J connectivity index is 1.97. The molecule has 1 heterocycles. The van der Waals surface area contributed by atoms with Crippen molar-refractivity contribution in [3.8, 4) is 0 Å². The first-order valence-corrected chi connectivity index (χ1v) is 6.66. The molecule has 3 nitrogen and oxygen atoms in total. The fraction of sp³-hybridized carbons (Fsp3) is 0.533. The Morgan fingerprint density at radius 3 is 3.00 bits per heavy atom. The van der Waals surface area contributed by atoms with Crippen LogP contribution in [-0.2, 0) is 16.0 Å². The van der Waals surface area contributed by atoms with Gasteiger partial charge in [-0.2, -0.15) is 0 Å². The Morgan fingerprint density at radius 1 is 1.50 bits per heavy atom. The van der Waals surface area contributed by atoms with E-state index in [9.17, 15) is 4.79 Å². The maximum absolute atomic E-state index is 11.9. The lowest BCUT2D eigenvalue weighted by Gasteiger charge is -2.12. The molecule has 1 fully saturated rings. The van der Waals surface area contributed by atoms with E-state index in [1.165, 1.54) is 5.56 Å². The van der Waals surface area contributed by atoms with Gasteiger partial charge in [-0.1, -0.05) is 26.0 Å². The van der Waals surface area contributed by atoms with Crippen molar-refractivity contribution < 1.29 is 9.53 Å². The van der Waals surface area contributed by atoms with Crippen LogP contribution in [0, 0.1) is 5.92 Å². The molecule has 1 aliphatic rings. The summed E-state index contributed by atoms with van der Waals surface area (Å²) in [6.45, 7) is 5.08. The van der Waals surface area contributed by atoms with Gasteiger partial charge in [0.1, 0.15) is 6.10 Å². The average molecular weight is 247 g/mol. The molecule has 1 saturated heterocycles. The molecule has 18 heavy (non-hydrogen) atoms. The van der Waals surface area contributed by atoms with Crippen molar-refractivity contribution in [3.05, 3.63) is 29.8 Å². The summed E-state index contributed by atoms with van der Waals surface area (Å²) in [6, 6.07) is 8.06. The van der Waals surface area contributed by atoms with Crippen molar-refractivity contribution >= 4 is 11.6 Å². The minimum atomic E-state index is -0.265. The third-order valence-electron chi connectivity index (χ3n) is 3.06. The number of hydrogen-bond donors (Lipinski definition) is 1. The van der Waals surface area contributed by atoms with E-state index in [4.69, 9.17) is 4.74 Å². The molecule has 98 valence electrons. The second-order valence-corrected chi connectivity index (χ2v) is 5.29. The van der Waals surface area contributed by atoms with Crippen molar-refractivity contribution in [1.82, 2.24) is 0 Å². The predicted molar refractivity (Wildman–Crippen MR) is 72.6 cm³/mol. The third-order valence-corrected chi connectivity index (χ3v) is 3.06. The van der Waals surface area contributed by atoms with Crippen molar-refractivity contribution in [2.45, 2.75) is 39.2 Å². The molecule has 1 amide bonds. The second-order valence-electron chi connectivity index (χ2n) is 5.29. The minimum absolute atomic E-state index is 0.0193. The lowest BCUT2D eigenvalue weighted by molar-refractivity contribution is -0.124. The fourth-order valence-electron chi connectivity index (χ4n) is 2.25. The first kappa shape index (κ1) is 13.1. The summed E-state index contributed by atoms with van der Waals surface area (Å²) in [5.41, 5.74) is 2.13. The number of ether oxygens (including phenoxy) is 1. The molecule has 0 radical (unpaired) electrons. The van der Waals surface area contributed by atoms with E-state index in [-0.39, 0.29) is 12.0 Å². The summed E-state index contributed by atoms with van der Waals surface area (Å²) < 4.78 is 5.37. The first-order valence-electron chi connectivity index (χ1n) is 6.66. The molecule has 0 bridgehead atoms. The Morgan fingerprint density at radius 2 is 2.33 bits per heavy atom. The number of nitrogens with one attached hydrogen (secondary N) is 1. The number of amides is 1. The van der Waals surface area contributed by atoms with Gasteiger partial charge < -0.3 is 10.1 Å². The predicted octanol–water partition coefficient (Wildman–Crippen LogP) is 3.00. The standard InChI is InChI=1S/C15H21NO2/c1-11(2)9-12-5-3-6-13(10-12)16-15(17)14-7-4-8-18-14/h3,5-6,10-11,14H,4,7-9H2,1-2H3,(H,16,17). The van der Waals surface area contributed by atoms with Crippen LogP contribution in [0.5, 0.6) is 0 Å². The highest BCUT2D eigenvalue weighted by Gasteiger charge is 2.23. The topological polar surface area (TPSA) is 38.3 Å². The first-order chi connectivity index (χ1) is 8.65. The minimum Gasteiger partial charge on any atom is -0.368 e. The van der Waals surface area contributed by atoms with E-state index < -0.39 is 0 Å². The van der Waals surface area contributed by atoms with Crippen molar-refractivity contribution in [2.75, 3.05) is 11.9 Å². The zero-order valence-electron chi connectivity index (χ0n) is 11.1. The number of carbonyl (C=O) groups excluding carboxylic acids is 1. The lowest BCUT2D eigenvalue weighted by atomic mass is 10.0. The van der Waals surface area contributed by atoms with Crippen LogP contribution in [0.4, 0.5) is 5.69 Å². The molecule has 0 saturated carbocycles. The van der Waals surface area contributed by atoms with Crippen LogP contribution in [0.2, 0.25) is 0 Å². The smallest absolute Gasteiger partial charge is 0.253 e. The van der Waals surface area contributed by atoms with Gasteiger partial charge in [-0.3, -0.25) is 4.79 Å². The van der Waals surface area contributed by atoms with Crippen LogP contribution in [0.15, 0.2) is 24.3 Å². The zero-order valence-corrected chi connectivity index (χ0v) is 11.1. The summed E-state index contributed by atoms with van der Waals surface area (Å²) in [6.07, 6.45) is 2.57. The number of hydrogen-bond acceptors (Lipinski definition) is 2. The van der Waals surface area contributed by atoms with Crippen molar-refractivity contribution in [2.24, 2.45) is 5.92 Å². The molecule has 1 atom stereocenters. The van der Waals surface area contributed by atoms with E-state index in [1.54, 1.807) is 0 Å². The van der Waals surface area contributed by atoms with E-state index in [0.29, 0.717) is 12.5 Å². The maximum atomic E-state index is 11.9. The highest BCUT2D eigenvalue weighted by Crippen LogP contribution is 2.17. The summed E-state index contributed by atoms with van der Waals surface area (Å²) >= 11 is 0. The summed E-state index contributed by atoms with van der Waals surface area (Å²) in [5.74, 6) is 0.600. The van der Waals surface area contributed by atoms with Crippen LogP contribution < -0.4 is 5.32 Å². The van der Waals surface area contributed by atoms with E-state index >= 15 is 0 Å². The van der Waals surface area contributed by atoms with Crippen LogP contribution >= 0.6 is 0 Å². The van der Waals surface area contributed by atoms with Crippen LogP contribution in [-0.4, -0.2) is 18.6 Å². The van der Waals surface area contributed by atoms with Gasteiger partial charge in [-0.15, -0.1) is 0 Å². The molecule has 2 rings (SSSR count). The quantitative estimate of drug-likeness (QED) is 0.888. The van der Waals surface area contributed by atoms with Crippen LogP contribution in [0.1, 0.15) is 32.3 Å². The van der Waals surface area contributed by atoms with Gasteiger partial charge in [-0.25, -0.2) is 0 Å². The Bertz CT molecular complexity index is 409. The van der Waals surface area contributed by atoms with Crippen molar-refractivity contribution in [1.29, 1.82) is 0 Å². The molecule has 0 spiro atoms. The zero-order chi connectivity index (χ0) is 13.0. The molecular weight excluding hydrogens is 226 g/mol. The third kappa shape index (κ3) is 3.57. The van der Waals surface area contributed by atoms with Gasteiger partial charge in [-0.05, 0) is 42.9 Å². The maximum Gasteiger partial charge on any atom is 0.253 e. The number of benzene rings is 1. The van der Waals surface area contributed by atoms with Gasteiger partial charge in [0, 0.05) is 12.3 Å². The molecule has 1 aromatic rings. The highest BCUT2D eigenvalue weighted by atomic mass is 16.5.